The number of nitrogens with two attached hydrogens (primary N) is 1. The molecule has 110 valence electrons. The fraction of sp³-hybridized carbons (Fsp3) is 0. The van der Waals surface area contributed by atoms with Crippen LogP contribution in [0.3, 0.4) is 0 Å². The van der Waals surface area contributed by atoms with Gasteiger partial charge in [0.15, 0.2) is 0 Å². The van der Waals surface area contributed by atoms with E-state index < -0.39 is 49.8 Å². The number of carbonyl (C=O) groups is 2. The molecule has 0 atom stereocenters. The van der Waals surface area contributed by atoms with Gasteiger partial charge in [-0.3, -0.25) is 20.2 Å². The lowest BCUT2D eigenvalue weighted by atomic mass is 9.95. The van der Waals surface area contributed by atoms with Gasteiger partial charge in [-0.25, -0.2) is 9.59 Å². The summed E-state index contributed by atoms with van der Waals surface area (Å²) in [6.07, 6.45) is 0. The Balaban J connectivity index is 2.65. The van der Waals surface area contributed by atoms with Crippen molar-refractivity contribution >= 4 is 39.8 Å². The van der Waals surface area contributed by atoms with Crippen molar-refractivity contribution in [3.8, 4) is 0 Å². The average molecular weight is 303 g/mol. The third-order valence-corrected chi connectivity index (χ3v) is 3.30. The van der Waals surface area contributed by atoms with Crippen molar-refractivity contribution in [2.24, 2.45) is 0 Å². The van der Waals surface area contributed by atoms with Crippen LogP contribution in [0.1, 0.15) is 20.7 Å². The first-order valence-corrected chi connectivity index (χ1v) is 5.78. The van der Waals surface area contributed by atoms with E-state index in [4.69, 9.17) is 5.73 Å². The molecule has 0 spiro atoms. The quantitative estimate of drug-likeness (QED) is 0.288. The number of hydrogen-bond donors (Lipinski definition) is 1. The molecule has 22 heavy (non-hydrogen) atoms. The summed E-state index contributed by atoms with van der Waals surface area (Å²) in [4.78, 5) is 44.0. The SMILES string of the molecule is Nc1c2c(c3cccc([N+](=O)[O-])c3c1[N+](=O)[O-])C(=O)OC2=O. The van der Waals surface area contributed by atoms with E-state index in [1.54, 1.807) is 0 Å². The topological polar surface area (TPSA) is 156 Å². The standard InChI is InChI=1S/C12H5N3O7/c13-9-8-7(11(16)22-12(8)17)4-2-1-3-5(14(18)19)6(4)10(9)15(20)21/h1-3H,13H2. The molecule has 0 saturated heterocycles. The highest BCUT2D eigenvalue weighted by Gasteiger charge is 2.40. The molecule has 0 radical (unpaired) electrons. The zero-order valence-corrected chi connectivity index (χ0v) is 10.6. The van der Waals surface area contributed by atoms with Gasteiger partial charge in [0.2, 0.25) is 0 Å². The van der Waals surface area contributed by atoms with Crippen molar-refractivity contribution in [1.29, 1.82) is 0 Å². The summed E-state index contributed by atoms with van der Waals surface area (Å²) in [6, 6.07) is 3.55. The highest BCUT2D eigenvalue weighted by Crippen LogP contribution is 2.44. The predicted molar refractivity (Wildman–Crippen MR) is 71.4 cm³/mol. The van der Waals surface area contributed by atoms with Crippen LogP contribution in [0.5, 0.6) is 0 Å². The maximum atomic E-state index is 11.8. The number of rotatable bonds is 2. The van der Waals surface area contributed by atoms with Crippen LogP contribution in [-0.2, 0) is 4.74 Å². The van der Waals surface area contributed by atoms with E-state index in [2.05, 4.69) is 4.74 Å². The number of non-ortho nitro benzene ring substituents is 1. The second-order valence-corrected chi connectivity index (χ2v) is 4.40. The molecule has 2 N–H and O–H groups in total. The minimum Gasteiger partial charge on any atom is -0.392 e. The highest BCUT2D eigenvalue weighted by molar-refractivity contribution is 6.27. The number of ether oxygens (including phenoxy) is 1. The summed E-state index contributed by atoms with van der Waals surface area (Å²) in [5.41, 5.74) is 2.85. The zero-order valence-electron chi connectivity index (χ0n) is 10.6. The fourth-order valence-corrected chi connectivity index (χ4v) is 2.47. The van der Waals surface area contributed by atoms with E-state index in [1.807, 2.05) is 0 Å². The molecule has 0 aliphatic carbocycles. The van der Waals surface area contributed by atoms with Crippen LogP contribution in [0.25, 0.3) is 10.8 Å². The normalized spacial score (nSPS) is 13.1. The lowest BCUT2D eigenvalue weighted by Gasteiger charge is -2.07. The molecule has 3 rings (SSSR count). The minimum atomic E-state index is -1.12. The van der Waals surface area contributed by atoms with Crippen LogP contribution in [-0.4, -0.2) is 21.8 Å². The van der Waals surface area contributed by atoms with Gasteiger partial charge in [-0.05, 0) is 0 Å². The molecule has 1 aliphatic heterocycles. The minimum absolute atomic E-state index is 0.124. The number of cyclic esters (lactones) is 2. The molecule has 2 aromatic carbocycles. The van der Waals surface area contributed by atoms with Crippen LogP contribution in [0.4, 0.5) is 17.1 Å². The zero-order chi connectivity index (χ0) is 16.2. The van der Waals surface area contributed by atoms with E-state index in [9.17, 15) is 29.8 Å². The molecule has 1 heterocycles. The summed E-state index contributed by atoms with van der Waals surface area (Å²) >= 11 is 0. The summed E-state index contributed by atoms with van der Waals surface area (Å²) < 4.78 is 4.41. The average Bonchev–Trinajstić information content (AvgIpc) is 2.73. The number of hydrogen-bond acceptors (Lipinski definition) is 8. The van der Waals surface area contributed by atoms with Crippen molar-refractivity contribution < 1.29 is 24.2 Å². The molecular formula is C12H5N3O7. The predicted octanol–water partition coefficient (Wildman–Crippen LogP) is 1.55. The molecule has 0 bridgehead atoms. The van der Waals surface area contributed by atoms with Crippen LogP contribution in [0.15, 0.2) is 18.2 Å². The van der Waals surface area contributed by atoms with Gasteiger partial charge in [0.1, 0.15) is 16.6 Å². The van der Waals surface area contributed by atoms with Gasteiger partial charge in [0.05, 0.1) is 15.4 Å². The molecule has 0 amide bonds. The third kappa shape index (κ3) is 1.54. The Morgan fingerprint density at radius 3 is 2.23 bits per heavy atom. The van der Waals surface area contributed by atoms with Gasteiger partial charge in [-0.1, -0.05) is 12.1 Å². The van der Waals surface area contributed by atoms with E-state index in [1.165, 1.54) is 12.1 Å². The Morgan fingerprint density at radius 1 is 1.00 bits per heavy atom. The van der Waals surface area contributed by atoms with Gasteiger partial charge in [0, 0.05) is 11.5 Å². The third-order valence-electron chi connectivity index (χ3n) is 3.30. The molecule has 0 unspecified atom stereocenters. The molecule has 10 nitrogen and oxygen atoms in total. The van der Waals surface area contributed by atoms with Gasteiger partial charge in [-0.2, -0.15) is 0 Å². The fourth-order valence-electron chi connectivity index (χ4n) is 2.47. The molecule has 0 fully saturated rings. The number of carbonyl (C=O) groups excluding carboxylic acids is 2. The van der Waals surface area contributed by atoms with E-state index >= 15 is 0 Å². The second-order valence-electron chi connectivity index (χ2n) is 4.40. The first kappa shape index (κ1) is 13.4. The van der Waals surface area contributed by atoms with Crippen LogP contribution in [0, 0.1) is 20.2 Å². The van der Waals surface area contributed by atoms with Gasteiger partial charge in [0.25, 0.3) is 5.69 Å². The van der Waals surface area contributed by atoms with E-state index in [-0.39, 0.29) is 10.9 Å². The number of nitro benzene ring substituents is 2. The van der Waals surface area contributed by atoms with Gasteiger partial charge >= 0.3 is 17.6 Å². The number of fused-ring (bicyclic) bond motifs is 3. The van der Waals surface area contributed by atoms with Crippen molar-refractivity contribution in [3.05, 3.63) is 49.6 Å². The first-order chi connectivity index (χ1) is 10.3. The Bertz CT molecular complexity index is 919. The van der Waals surface area contributed by atoms with Crippen LogP contribution in [0.2, 0.25) is 0 Å². The number of benzene rings is 2. The number of nitrogens with zero attached hydrogens (tertiary/aromatic N) is 2. The summed E-state index contributed by atoms with van der Waals surface area (Å²) in [6.45, 7) is 0. The lowest BCUT2D eigenvalue weighted by Crippen LogP contribution is -2.06. The van der Waals surface area contributed by atoms with Crippen LogP contribution >= 0.6 is 0 Å². The van der Waals surface area contributed by atoms with Crippen molar-refractivity contribution in [2.45, 2.75) is 0 Å². The second kappa shape index (κ2) is 4.22. The molecular weight excluding hydrogens is 298 g/mol. The first-order valence-electron chi connectivity index (χ1n) is 5.78. The summed E-state index contributed by atoms with van der Waals surface area (Å²) in [5, 5.41) is 21.8. The number of nitrogen functional groups attached to an aromatic ring is 1. The Kier molecular flexibility index (Phi) is 2.57. The number of esters is 2. The monoisotopic (exact) mass is 303 g/mol. The van der Waals surface area contributed by atoms with Gasteiger partial charge < -0.3 is 10.5 Å². The van der Waals surface area contributed by atoms with Crippen molar-refractivity contribution in [1.82, 2.24) is 0 Å². The maximum Gasteiger partial charge on any atom is 0.349 e. The summed E-state index contributed by atoms with van der Waals surface area (Å²) in [5.74, 6) is -2.17. The van der Waals surface area contributed by atoms with Gasteiger partial charge in [-0.15, -0.1) is 0 Å². The Hall–Kier alpha value is -3.56. The van der Waals surface area contributed by atoms with Crippen LogP contribution < -0.4 is 5.73 Å². The summed E-state index contributed by atoms with van der Waals surface area (Å²) in [7, 11) is 0. The Morgan fingerprint density at radius 2 is 1.64 bits per heavy atom. The maximum absolute atomic E-state index is 11.8. The van der Waals surface area contributed by atoms with Crippen molar-refractivity contribution in [2.75, 3.05) is 5.73 Å². The Labute approximate surface area is 120 Å². The van der Waals surface area contributed by atoms with E-state index in [0.717, 1.165) is 6.07 Å². The largest absolute Gasteiger partial charge is 0.392 e. The van der Waals surface area contributed by atoms with Crippen molar-refractivity contribution in [3.63, 3.8) is 0 Å². The molecule has 1 aliphatic rings. The smallest absolute Gasteiger partial charge is 0.349 e. The number of nitro groups is 2. The van der Waals surface area contributed by atoms with E-state index in [0.29, 0.717) is 0 Å². The molecule has 2 aromatic rings. The molecule has 0 aromatic heterocycles. The molecule has 0 saturated carbocycles. The number of anilines is 1. The lowest BCUT2D eigenvalue weighted by molar-refractivity contribution is -0.389. The molecule has 10 heteroatoms. The highest BCUT2D eigenvalue weighted by atomic mass is 16.6.